The van der Waals surface area contributed by atoms with Crippen LogP contribution in [0, 0.1) is 0 Å². The maximum absolute atomic E-state index is 13.4. The first-order valence-corrected chi connectivity index (χ1v) is 12.4. The second-order valence-corrected chi connectivity index (χ2v) is 10.7. The number of pyridine rings is 1. The summed E-state index contributed by atoms with van der Waals surface area (Å²) in [5.74, 6) is 0.120. The van der Waals surface area contributed by atoms with Crippen LogP contribution < -0.4 is 4.90 Å². The highest BCUT2D eigenvalue weighted by molar-refractivity contribution is 6.18. The smallest absolute Gasteiger partial charge is 0.425 e. The summed E-state index contributed by atoms with van der Waals surface area (Å²) in [6.45, 7) is 15.5. The highest BCUT2D eigenvalue weighted by Gasteiger charge is 2.36. The van der Waals surface area contributed by atoms with E-state index in [4.69, 9.17) is 19.6 Å². The largest absolute Gasteiger partial charge is 0.443 e. The van der Waals surface area contributed by atoms with Gasteiger partial charge in [0.15, 0.2) is 5.82 Å². The number of hydrogen-bond donors (Lipinski definition) is 0. The van der Waals surface area contributed by atoms with E-state index < -0.39 is 23.4 Å². The summed E-state index contributed by atoms with van der Waals surface area (Å²) in [4.78, 5) is 32.4. The van der Waals surface area contributed by atoms with Crippen LogP contribution in [0.2, 0.25) is 0 Å². The van der Waals surface area contributed by atoms with Gasteiger partial charge in [0.05, 0.1) is 5.52 Å². The van der Waals surface area contributed by atoms with Crippen LogP contribution in [-0.2, 0) is 22.4 Å². The molecule has 3 rings (SSSR count). The number of aryl methyl sites for hydroxylation is 2. The van der Waals surface area contributed by atoms with E-state index in [-0.39, 0.29) is 5.82 Å². The molecule has 0 saturated carbocycles. The number of carbonyl (C=O) groups is 2. The summed E-state index contributed by atoms with van der Waals surface area (Å²) in [7, 11) is 0. The molecule has 1 aromatic carbocycles. The van der Waals surface area contributed by atoms with E-state index in [9.17, 15) is 9.59 Å². The van der Waals surface area contributed by atoms with Crippen molar-refractivity contribution in [3.8, 4) is 0 Å². The fourth-order valence-electron chi connectivity index (χ4n) is 3.90. The number of benzene rings is 1. The molecule has 0 atom stereocenters. The van der Waals surface area contributed by atoms with Gasteiger partial charge in [0.1, 0.15) is 16.7 Å². The van der Waals surface area contributed by atoms with E-state index >= 15 is 0 Å². The van der Waals surface area contributed by atoms with Crippen LogP contribution in [0.15, 0.2) is 24.3 Å². The minimum Gasteiger partial charge on any atom is -0.443 e. The van der Waals surface area contributed by atoms with Crippen molar-refractivity contribution in [1.82, 2.24) is 14.8 Å². The average molecular weight is 483 g/mol. The summed E-state index contributed by atoms with van der Waals surface area (Å²) in [5, 5.41) is 6.73. The molecule has 0 aliphatic rings. The fourth-order valence-corrected chi connectivity index (χ4v) is 3.90. The topological polar surface area (TPSA) is 86.6 Å². The molecule has 2 aromatic heterocycles. The lowest BCUT2D eigenvalue weighted by Gasteiger charge is -2.28. The average Bonchev–Trinajstić information content (AvgIpc) is 3.08. The van der Waals surface area contributed by atoms with Crippen LogP contribution in [0.1, 0.15) is 80.3 Å². The SMILES string of the molecule is CCCCc1c2c(nn1CCC)c(N(C(=O)OC(C)(C)C)C(=O)OC(C)(C)C)nc1ccccc12. The molecule has 3 aromatic rings. The number of amides is 2. The van der Waals surface area contributed by atoms with Crippen molar-refractivity contribution in [1.29, 1.82) is 0 Å². The highest BCUT2D eigenvalue weighted by atomic mass is 16.6. The number of anilines is 1. The van der Waals surface area contributed by atoms with E-state index in [1.165, 1.54) is 0 Å². The Morgan fingerprint density at radius 1 is 0.943 bits per heavy atom. The quantitative estimate of drug-likeness (QED) is 0.375. The Kier molecular flexibility index (Phi) is 7.72. The van der Waals surface area contributed by atoms with Crippen molar-refractivity contribution in [2.75, 3.05) is 4.90 Å². The highest BCUT2D eigenvalue weighted by Crippen LogP contribution is 2.35. The summed E-state index contributed by atoms with van der Waals surface area (Å²) < 4.78 is 13.2. The lowest BCUT2D eigenvalue weighted by Crippen LogP contribution is -2.44. The van der Waals surface area contributed by atoms with Crippen molar-refractivity contribution in [3.63, 3.8) is 0 Å². The zero-order valence-corrected chi connectivity index (χ0v) is 22.3. The van der Waals surface area contributed by atoms with Crippen LogP contribution in [0.5, 0.6) is 0 Å². The molecule has 8 nitrogen and oxygen atoms in total. The third kappa shape index (κ3) is 6.10. The fraction of sp³-hybridized carbons (Fsp3) is 0.556. The number of aromatic nitrogens is 3. The maximum atomic E-state index is 13.4. The molecule has 35 heavy (non-hydrogen) atoms. The Labute approximate surface area is 207 Å². The zero-order valence-electron chi connectivity index (χ0n) is 22.3. The van der Waals surface area contributed by atoms with Gasteiger partial charge in [-0.1, -0.05) is 38.5 Å². The molecule has 0 aliphatic carbocycles. The Morgan fingerprint density at radius 2 is 1.54 bits per heavy atom. The first-order valence-electron chi connectivity index (χ1n) is 12.4. The van der Waals surface area contributed by atoms with Crippen LogP contribution in [-0.4, -0.2) is 38.2 Å². The molecule has 190 valence electrons. The van der Waals surface area contributed by atoms with Gasteiger partial charge in [0, 0.05) is 23.0 Å². The minimum absolute atomic E-state index is 0.120. The van der Waals surface area contributed by atoms with Crippen molar-refractivity contribution in [2.45, 2.75) is 98.8 Å². The molecule has 2 heterocycles. The number of hydrogen-bond acceptors (Lipinski definition) is 6. The molecule has 0 radical (unpaired) electrons. The van der Waals surface area contributed by atoms with Gasteiger partial charge in [-0.15, -0.1) is 0 Å². The van der Waals surface area contributed by atoms with Gasteiger partial charge in [-0.25, -0.2) is 14.6 Å². The number of fused-ring (bicyclic) bond motifs is 3. The number of unbranched alkanes of at least 4 members (excludes halogenated alkanes) is 1. The molecule has 0 saturated heterocycles. The van der Waals surface area contributed by atoms with Crippen molar-refractivity contribution in [3.05, 3.63) is 30.0 Å². The van der Waals surface area contributed by atoms with Crippen LogP contribution >= 0.6 is 0 Å². The van der Waals surface area contributed by atoms with Gasteiger partial charge >= 0.3 is 12.2 Å². The normalized spacial score (nSPS) is 12.2. The molecule has 0 bridgehead atoms. The third-order valence-electron chi connectivity index (χ3n) is 5.24. The molecular weight excluding hydrogens is 444 g/mol. The summed E-state index contributed by atoms with van der Waals surface area (Å²) in [6.07, 6.45) is 2.07. The Bertz CT molecular complexity index is 1190. The zero-order chi connectivity index (χ0) is 26.0. The molecule has 0 aliphatic heterocycles. The van der Waals surface area contributed by atoms with Crippen LogP contribution in [0.4, 0.5) is 15.4 Å². The van der Waals surface area contributed by atoms with E-state index in [0.717, 1.165) is 53.6 Å². The number of nitrogens with zero attached hydrogens (tertiary/aromatic N) is 4. The predicted octanol–water partition coefficient (Wildman–Crippen LogP) is 7.01. The summed E-state index contributed by atoms with van der Waals surface area (Å²) in [6, 6.07) is 7.73. The van der Waals surface area contributed by atoms with Crippen molar-refractivity contribution in [2.24, 2.45) is 0 Å². The van der Waals surface area contributed by atoms with E-state index in [0.29, 0.717) is 11.0 Å². The van der Waals surface area contributed by atoms with Gasteiger partial charge in [0.25, 0.3) is 0 Å². The van der Waals surface area contributed by atoms with Gasteiger partial charge in [-0.2, -0.15) is 10.00 Å². The van der Waals surface area contributed by atoms with Gasteiger partial charge < -0.3 is 9.47 Å². The molecule has 0 unspecified atom stereocenters. The van der Waals surface area contributed by atoms with E-state index in [1.807, 2.05) is 28.9 Å². The summed E-state index contributed by atoms with van der Waals surface area (Å²) in [5.41, 5.74) is 0.597. The number of rotatable bonds is 6. The Hall–Kier alpha value is -3.16. The predicted molar refractivity (Wildman–Crippen MR) is 139 cm³/mol. The Morgan fingerprint density at radius 3 is 2.09 bits per heavy atom. The number of imide groups is 1. The molecule has 0 N–H and O–H groups in total. The van der Waals surface area contributed by atoms with Gasteiger partial charge in [-0.05, 0) is 66.9 Å². The second kappa shape index (κ2) is 10.2. The standard InChI is InChI=1S/C27H38N4O4/c1-9-11-16-20-21-18-14-12-13-15-19(18)28-23(22(21)29-30(20)17-10-2)31(24(32)34-26(3,4)5)25(33)35-27(6,7)8/h12-15H,9-11,16-17H2,1-8H3. The lowest BCUT2D eigenvalue weighted by atomic mass is 10.1. The van der Waals surface area contributed by atoms with Gasteiger partial charge in [-0.3, -0.25) is 4.68 Å². The Balaban J connectivity index is 2.35. The van der Waals surface area contributed by atoms with Crippen LogP contribution in [0.25, 0.3) is 21.8 Å². The molecule has 8 heteroatoms. The summed E-state index contributed by atoms with van der Waals surface area (Å²) >= 11 is 0. The first-order chi connectivity index (χ1) is 16.4. The lowest BCUT2D eigenvalue weighted by molar-refractivity contribution is 0.0429. The van der Waals surface area contributed by atoms with Gasteiger partial charge in [0.2, 0.25) is 0 Å². The van der Waals surface area contributed by atoms with Crippen molar-refractivity contribution >= 4 is 39.8 Å². The first kappa shape index (κ1) is 26.4. The number of para-hydroxylation sites is 1. The molecule has 0 fully saturated rings. The molecular formula is C27H38N4O4. The minimum atomic E-state index is -0.851. The van der Waals surface area contributed by atoms with Crippen LogP contribution in [0.3, 0.4) is 0 Å². The number of ether oxygens (including phenoxy) is 2. The van der Waals surface area contributed by atoms with E-state index in [1.54, 1.807) is 41.5 Å². The number of carbonyl (C=O) groups excluding carboxylic acids is 2. The third-order valence-corrected chi connectivity index (χ3v) is 5.24. The van der Waals surface area contributed by atoms with E-state index in [2.05, 4.69) is 13.8 Å². The maximum Gasteiger partial charge on any atom is 0.425 e. The molecule has 2 amide bonds. The van der Waals surface area contributed by atoms with Crippen molar-refractivity contribution < 1.29 is 19.1 Å². The molecule has 0 spiro atoms. The second-order valence-electron chi connectivity index (χ2n) is 10.7. The monoisotopic (exact) mass is 482 g/mol.